The Balaban J connectivity index is 2.23. The number of aryl methyl sites for hydroxylation is 4. The van der Waals surface area contributed by atoms with E-state index >= 15 is 0 Å². The Kier molecular flexibility index (Phi) is 7.35. The van der Waals surface area contributed by atoms with Gasteiger partial charge >= 0.3 is 0 Å². The van der Waals surface area contributed by atoms with Crippen LogP contribution in [0.5, 0.6) is 0 Å². The molecule has 0 N–H and O–H groups in total. The average Bonchev–Trinajstić information content (AvgIpc) is 2.63. The first kappa shape index (κ1) is 21.9. The molecule has 0 unspecified atom stereocenters. The van der Waals surface area contributed by atoms with Crippen LogP contribution in [0.15, 0.2) is 61.9 Å². The Hall–Kier alpha value is -0.750. The van der Waals surface area contributed by atoms with Gasteiger partial charge in [-0.25, -0.2) is 0 Å². The van der Waals surface area contributed by atoms with Crippen molar-refractivity contribution in [2.45, 2.75) is 27.2 Å². The van der Waals surface area contributed by atoms with E-state index < -0.39 is 0 Å². The van der Waals surface area contributed by atoms with Gasteiger partial charge in [-0.05, 0) is 122 Å². The van der Waals surface area contributed by atoms with Crippen LogP contribution in [0.4, 0.5) is 17.1 Å². The number of rotatable bonds is 5. The van der Waals surface area contributed by atoms with Gasteiger partial charge in [0.25, 0.3) is 0 Å². The molecule has 3 aromatic carbocycles. The minimum absolute atomic E-state index is 0.853. The zero-order chi connectivity index (χ0) is 20.4. The van der Waals surface area contributed by atoms with Crippen LogP contribution in [0.1, 0.15) is 22.3 Å². The molecule has 0 aliphatic carbocycles. The molecule has 0 amide bonds. The molecule has 0 spiro atoms. The number of hydrogen-bond donors (Lipinski definition) is 1. The molecule has 146 valence electrons. The lowest BCUT2D eigenvalue weighted by Gasteiger charge is -2.29. The highest BCUT2D eigenvalue weighted by Gasteiger charge is 2.19. The van der Waals surface area contributed by atoms with Crippen LogP contribution in [0.25, 0.3) is 0 Å². The third-order valence-electron chi connectivity index (χ3n) is 4.68. The third kappa shape index (κ3) is 4.69. The van der Waals surface area contributed by atoms with Crippen molar-refractivity contribution in [1.82, 2.24) is 0 Å². The lowest BCUT2D eigenvalue weighted by molar-refractivity contribution is 1.15. The maximum Gasteiger partial charge on any atom is 0.0520 e. The van der Waals surface area contributed by atoms with Crippen molar-refractivity contribution in [3.8, 4) is 0 Å². The minimum atomic E-state index is 0.853. The summed E-state index contributed by atoms with van der Waals surface area (Å²) in [5.74, 6) is 0.853. The summed E-state index contributed by atoms with van der Waals surface area (Å²) in [6, 6.07) is 17.6. The van der Waals surface area contributed by atoms with Crippen LogP contribution in [-0.4, -0.2) is 5.75 Å². The largest absolute Gasteiger partial charge is 0.310 e. The molecule has 28 heavy (non-hydrogen) atoms. The highest BCUT2D eigenvalue weighted by atomic mass is 79.9. The van der Waals surface area contributed by atoms with Gasteiger partial charge in [0.05, 0.1) is 5.69 Å². The van der Waals surface area contributed by atoms with Crippen LogP contribution in [-0.2, 0) is 6.42 Å². The average molecular weight is 584 g/mol. The lowest BCUT2D eigenvalue weighted by atomic mass is 10.0. The highest BCUT2D eigenvalue weighted by Crippen LogP contribution is 2.43. The summed E-state index contributed by atoms with van der Waals surface area (Å²) in [7, 11) is 0. The molecule has 0 aliphatic heterocycles. The highest BCUT2D eigenvalue weighted by molar-refractivity contribution is 9.14. The maximum atomic E-state index is 4.36. The Morgan fingerprint density at radius 3 is 1.82 bits per heavy atom. The van der Waals surface area contributed by atoms with Crippen molar-refractivity contribution >= 4 is 77.5 Å². The van der Waals surface area contributed by atoms with Crippen molar-refractivity contribution in [3.63, 3.8) is 0 Å². The molecule has 0 saturated carbocycles. The van der Waals surface area contributed by atoms with E-state index in [2.05, 4.69) is 135 Å². The summed E-state index contributed by atoms with van der Waals surface area (Å²) in [5.41, 5.74) is 8.54. The van der Waals surface area contributed by atoms with Crippen molar-refractivity contribution in [1.29, 1.82) is 0 Å². The molecule has 0 aromatic heterocycles. The fraction of sp³-hybridized carbons (Fsp3) is 0.217. The van der Waals surface area contributed by atoms with Gasteiger partial charge in [0.2, 0.25) is 0 Å². The van der Waals surface area contributed by atoms with Crippen molar-refractivity contribution < 1.29 is 0 Å². The van der Waals surface area contributed by atoms with E-state index in [0.29, 0.717) is 0 Å². The van der Waals surface area contributed by atoms with Gasteiger partial charge in [0, 0.05) is 24.8 Å². The molecule has 3 aromatic rings. The van der Waals surface area contributed by atoms with Gasteiger partial charge in [0.15, 0.2) is 0 Å². The first-order valence-corrected chi connectivity index (χ1v) is 12.0. The summed E-state index contributed by atoms with van der Waals surface area (Å²) < 4.78 is 3.03. The first-order valence-electron chi connectivity index (χ1n) is 9.04. The van der Waals surface area contributed by atoms with Crippen molar-refractivity contribution in [2.24, 2.45) is 0 Å². The molecule has 0 atom stereocenters. The van der Waals surface area contributed by atoms with Gasteiger partial charge in [-0.3, -0.25) is 0 Å². The Labute approximate surface area is 198 Å². The van der Waals surface area contributed by atoms with Gasteiger partial charge in [0.1, 0.15) is 0 Å². The Morgan fingerprint density at radius 1 is 0.786 bits per heavy atom. The van der Waals surface area contributed by atoms with E-state index in [1.807, 2.05) is 0 Å². The molecule has 0 saturated heterocycles. The fourth-order valence-corrected chi connectivity index (χ4v) is 5.19. The lowest BCUT2D eigenvalue weighted by Crippen LogP contribution is -2.13. The standard InChI is InChI=1S/C23H22Br3NS/c1-14-10-15(2)23(16(3)11-14)27(18-6-4-17(5-7-18)8-9-28)19-12-20(24)22(26)21(25)13-19/h4-7,10-13,28H,8-9H2,1-3H3. The zero-order valence-corrected chi connectivity index (χ0v) is 21.7. The van der Waals surface area contributed by atoms with E-state index in [-0.39, 0.29) is 0 Å². The molecule has 1 nitrogen and oxygen atoms in total. The molecule has 0 bridgehead atoms. The van der Waals surface area contributed by atoms with Crippen LogP contribution in [0, 0.1) is 20.8 Å². The van der Waals surface area contributed by atoms with E-state index in [0.717, 1.165) is 37.0 Å². The Bertz CT molecular complexity index is 953. The van der Waals surface area contributed by atoms with Crippen molar-refractivity contribution in [3.05, 3.63) is 84.2 Å². The molecule has 0 aliphatic rings. The quantitative estimate of drug-likeness (QED) is 0.232. The predicted octanol–water partition coefficient (Wildman–Crippen LogP) is 8.84. The second kappa shape index (κ2) is 9.38. The Morgan fingerprint density at radius 2 is 1.32 bits per heavy atom. The van der Waals surface area contributed by atoms with Gasteiger partial charge < -0.3 is 4.90 Å². The van der Waals surface area contributed by atoms with Crippen LogP contribution >= 0.6 is 60.4 Å². The van der Waals surface area contributed by atoms with Gasteiger partial charge in [-0.2, -0.15) is 12.6 Å². The number of hydrogen-bond acceptors (Lipinski definition) is 2. The topological polar surface area (TPSA) is 3.24 Å². The van der Waals surface area contributed by atoms with Gasteiger partial charge in [-0.15, -0.1) is 0 Å². The van der Waals surface area contributed by atoms with E-state index in [1.54, 1.807) is 0 Å². The maximum absolute atomic E-state index is 4.36. The molecule has 5 heteroatoms. The molecule has 0 fully saturated rings. The smallest absolute Gasteiger partial charge is 0.0520 e. The first-order chi connectivity index (χ1) is 13.3. The monoisotopic (exact) mass is 581 g/mol. The second-order valence-corrected chi connectivity index (χ2v) is 9.90. The molecule has 0 heterocycles. The molecular formula is C23H22Br3NS. The second-order valence-electron chi connectivity index (χ2n) is 6.95. The summed E-state index contributed by atoms with van der Waals surface area (Å²) in [4.78, 5) is 2.33. The minimum Gasteiger partial charge on any atom is -0.310 e. The summed E-state index contributed by atoms with van der Waals surface area (Å²) in [6.07, 6.45) is 0.974. The summed E-state index contributed by atoms with van der Waals surface area (Å²) in [5, 5.41) is 0. The molecule has 0 radical (unpaired) electrons. The van der Waals surface area contributed by atoms with Gasteiger partial charge in [-0.1, -0.05) is 29.8 Å². The van der Waals surface area contributed by atoms with E-state index in [4.69, 9.17) is 0 Å². The normalized spacial score (nSPS) is 11.0. The number of halogens is 3. The SMILES string of the molecule is Cc1cc(C)c(N(c2ccc(CCS)cc2)c2cc(Br)c(Br)c(Br)c2)c(C)c1. The zero-order valence-electron chi connectivity index (χ0n) is 16.1. The van der Waals surface area contributed by atoms with Crippen LogP contribution in [0.3, 0.4) is 0 Å². The number of thiol groups is 1. The fourth-order valence-electron chi connectivity index (χ4n) is 3.54. The summed E-state index contributed by atoms with van der Waals surface area (Å²) >= 11 is 15.3. The number of benzene rings is 3. The predicted molar refractivity (Wildman–Crippen MR) is 136 cm³/mol. The van der Waals surface area contributed by atoms with Crippen LogP contribution < -0.4 is 4.90 Å². The van der Waals surface area contributed by atoms with Crippen molar-refractivity contribution in [2.75, 3.05) is 10.7 Å². The third-order valence-corrected chi connectivity index (χ3v) is 8.07. The van der Waals surface area contributed by atoms with E-state index in [9.17, 15) is 0 Å². The number of nitrogens with zero attached hydrogens (tertiary/aromatic N) is 1. The molecule has 3 rings (SSSR count). The molecular weight excluding hydrogens is 562 g/mol. The van der Waals surface area contributed by atoms with E-state index in [1.165, 1.54) is 27.9 Å². The summed E-state index contributed by atoms with van der Waals surface area (Å²) in [6.45, 7) is 6.51. The number of anilines is 3. The van der Waals surface area contributed by atoms with Crippen LogP contribution in [0.2, 0.25) is 0 Å².